The molecule has 1 N–H and O–H groups in total. The van der Waals surface area contributed by atoms with Crippen LogP contribution in [0.15, 0.2) is 52.1 Å². The first kappa shape index (κ1) is 12.6. The zero-order valence-electron chi connectivity index (χ0n) is 10.2. The SMILES string of the molecule is CC(C)C1=C[N]NN=C1S(=O)(=O)c1ccccc1. The smallest absolute Gasteiger partial charge is 0.217 e. The molecule has 1 aromatic carbocycles. The molecule has 1 aliphatic heterocycles. The van der Waals surface area contributed by atoms with E-state index in [-0.39, 0.29) is 15.9 Å². The van der Waals surface area contributed by atoms with Gasteiger partial charge in [0.1, 0.15) is 0 Å². The maximum absolute atomic E-state index is 12.4. The van der Waals surface area contributed by atoms with Crippen molar-refractivity contribution in [3.8, 4) is 0 Å². The standard InChI is InChI=1S/C12H14N3O2S/c1-9(2)11-8-13-15-14-12(11)18(16,17)10-6-4-3-5-7-10/h3-9,15H,1-2H3. The van der Waals surface area contributed by atoms with E-state index >= 15 is 0 Å². The molecule has 0 atom stereocenters. The van der Waals surface area contributed by atoms with Gasteiger partial charge in [0.15, 0.2) is 5.04 Å². The van der Waals surface area contributed by atoms with Crippen LogP contribution >= 0.6 is 0 Å². The highest BCUT2D eigenvalue weighted by molar-refractivity contribution is 8.07. The highest BCUT2D eigenvalue weighted by Crippen LogP contribution is 2.22. The average Bonchev–Trinajstić information content (AvgIpc) is 2.39. The molecule has 5 nitrogen and oxygen atoms in total. The van der Waals surface area contributed by atoms with Crippen LogP contribution in [-0.2, 0) is 9.84 Å². The van der Waals surface area contributed by atoms with E-state index in [9.17, 15) is 8.42 Å². The van der Waals surface area contributed by atoms with Gasteiger partial charge in [0.2, 0.25) is 9.84 Å². The fraction of sp³-hybridized carbons (Fsp3) is 0.250. The van der Waals surface area contributed by atoms with Gasteiger partial charge < -0.3 is 0 Å². The van der Waals surface area contributed by atoms with Crippen molar-refractivity contribution in [1.29, 1.82) is 0 Å². The van der Waals surface area contributed by atoms with Crippen molar-refractivity contribution in [3.05, 3.63) is 42.1 Å². The Balaban J connectivity index is 2.48. The maximum atomic E-state index is 12.4. The number of hydrogen-bond acceptors (Lipinski definition) is 4. The number of hydrogen-bond donors (Lipinski definition) is 1. The number of hydrazone groups is 1. The molecule has 0 unspecified atom stereocenters. The summed E-state index contributed by atoms with van der Waals surface area (Å²) in [7, 11) is -3.60. The molecule has 0 fully saturated rings. The van der Waals surface area contributed by atoms with E-state index in [1.165, 1.54) is 6.20 Å². The number of nitrogens with one attached hydrogen (secondary N) is 1. The number of nitrogens with zero attached hydrogens (tertiary/aromatic N) is 2. The van der Waals surface area contributed by atoms with Crippen molar-refractivity contribution < 1.29 is 8.42 Å². The van der Waals surface area contributed by atoms with Gasteiger partial charge in [0.25, 0.3) is 0 Å². The molecule has 0 saturated carbocycles. The van der Waals surface area contributed by atoms with Crippen molar-refractivity contribution in [2.75, 3.05) is 0 Å². The predicted molar refractivity (Wildman–Crippen MR) is 69.3 cm³/mol. The first-order chi connectivity index (χ1) is 8.53. The molecule has 6 heteroatoms. The lowest BCUT2D eigenvalue weighted by Crippen LogP contribution is -2.30. The Labute approximate surface area is 106 Å². The third kappa shape index (κ3) is 2.24. The molecule has 95 valence electrons. The Bertz CT molecular complexity index is 589. The first-order valence-corrected chi connectivity index (χ1v) is 7.05. The van der Waals surface area contributed by atoms with E-state index in [1.807, 2.05) is 13.8 Å². The van der Waals surface area contributed by atoms with Crippen molar-refractivity contribution in [2.45, 2.75) is 18.7 Å². The monoisotopic (exact) mass is 264 g/mol. The Hall–Kier alpha value is -1.82. The summed E-state index contributed by atoms with van der Waals surface area (Å²) in [6.45, 7) is 3.81. The lowest BCUT2D eigenvalue weighted by molar-refractivity contribution is 0.598. The van der Waals surface area contributed by atoms with Crippen LogP contribution in [0.2, 0.25) is 0 Å². The largest absolute Gasteiger partial charge is 0.226 e. The second-order valence-corrected chi connectivity index (χ2v) is 6.07. The van der Waals surface area contributed by atoms with Crippen LogP contribution < -0.4 is 11.0 Å². The van der Waals surface area contributed by atoms with E-state index in [0.29, 0.717) is 5.57 Å². The summed E-state index contributed by atoms with van der Waals surface area (Å²) in [4.78, 5) is 0.235. The third-order valence-corrected chi connectivity index (χ3v) is 4.32. The van der Waals surface area contributed by atoms with Crippen LogP contribution in [0.1, 0.15) is 13.8 Å². The van der Waals surface area contributed by atoms with Gasteiger partial charge in [-0.3, -0.25) is 0 Å². The summed E-state index contributed by atoms with van der Waals surface area (Å²) in [5.41, 5.74) is 6.74. The minimum Gasteiger partial charge on any atom is -0.217 e. The van der Waals surface area contributed by atoms with Gasteiger partial charge in [-0.15, -0.1) is 5.10 Å². The summed E-state index contributed by atoms with van der Waals surface area (Å²) in [6, 6.07) is 8.26. The number of sulfone groups is 1. The fourth-order valence-electron chi connectivity index (χ4n) is 1.61. The minimum atomic E-state index is -3.60. The lowest BCUT2D eigenvalue weighted by atomic mass is 10.1. The van der Waals surface area contributed by atoms with Crippen molar-refractivity contribution in [2.24, 2.45) is 11.0 Å². The Morgan fingerprint density at radius 3 is 2.44 bits per heavy atom. The quantitative estimate of drug-likeness (QED) is 0.878. The highest BCUT2D eigenvalue weighted by atomic mass is 32.2. The van der Waals surface area contributed by atoms with E-state index in [0.717, 1.165) is 0 Å². The zero-order valence-corrected chi connectivity index (χ0v) is 11.0. The molecule has 2 rings (SSSR count). The number of rotatable bonds is 2. The molecule has 0 amide bonds. The van der Waals surface area contributed by atoms with Gasteiger partial charge in [-0.2, -0.15) is 11.0 Å². The molecule has 0 aliphatic carbocycles. The normalized spacial score (nSPS) is 15.5. The van der Waals surface area contributed by atoms with E-state index in [1.54, 1.807) is 30.3 Å². The van der Waals surface area contributed by atoms with Crippen LogP contribution in [0.5, 0.6) is 0 Å². The summed E-state index contributed by atoms with van der Waals surface area (Å²) in [6.07, 6.45) is 1.51. The van der Waals surface area contributed by atoms with Crippen molar-refractivity contribution >= 4 is 14.9 Å². The van der Waals surface area contributed by atoms with Crippen molar-refractivity contribution in [3.63, 3.8) is 0 Å². The van der Waals surface area contributed by atoms with Crippen LogP contribution in [0, 0.1) is 5.92 Å². The second kappa shape index (κ2) is 4.81. The maximum Gasteiger partial charge on any atom is 0.226 e. The highest BCUT2D eigenvalue weighted by Gasteiger charge is 2.29. The zero-order chi connectivity index (χ0) is 13.2. The molecule has 0 bridgehead atoms. The molecule has 1 aliphatic rings. The molecule has 1 heterocycles. The van der Waals surface area contributed by atoms with E-state index in [4.69, 9.17) is 0 Å². The predicted octanol–water partition coefficient (Wildman–Crippen LogP) is 1.44. The third-order valence-electron chi connectivity index (χ3n) is 2.59. The van der Waals surface area contributed by atoms with Crippen LogP contribution in [0.3, 0.4) is 0 Å². The van der Waals surface area contributed by atoms with Crippen LogP contribution in [0.25, 0.3) is 0 Å². The van der Waals surface area contributed by atoms with Gasteiger partial charge in [-0.1, -0.05) is 32.0 Å². The van der Waals surface area contributed by atoms with Gasteiger partial charge >= 0.3 is 0 Å². The number of benzene rings is 1. The molecular weight excluding hydrogens is 250 g/mol. The summed E-state index contributed by atoms with van der Waals surface area (Å²) < 4.78 is 24.9. The van der Waals surface area contributed by atoms with Crippen LogP contribution in [-0.4, -0.2) is 13.5 Å². The molecule has 1 aromatic rings. The molecule has 18 heavy (non-hydrogen) atoms. The molecule has 0 spiro atoms. The molecular formula is C12H14N3O2S. The Morgan fingerprint density at radius 2 is 1.83 bits per heavy atom. The minimum absolute atomic E-state index is 0.0353. The lowest BCUT2D eigenvalue weighted by Gasteiger charge is -2.17. The first-order valence-electron chi connectivity index (χ1n) is 5.56. The Morgan fingerprint density at radius 1 is 1.17 bits per heavy atom. The molecule has 1 radical (unpaired) electrons. The Kier molecular flexibility index (Phi) is 3.38. The average molecular weight is 264 g/mol. The van der Waals surface area contributed by atoms with Gasteiger partial charge in [0.05, 0.1) is 11.1 Å². The second-order valence-electron chi connectivity index (χ2n) is 4.20. The fourth-order valence-corrected chi connectivity index (χ4v) is 3.11. The topological polar surface area (TPSA) is 72.6 Å². The van der Waals surface area contributed by atoms with E-state index < -0.39 is 9.84 Å². The summed E-state index contributed by atoms with van der Waals surface area (Å²) >= 11 is 0. The van der Waals surface area contributed by atoms with Crippen LogP contribution in [0.4, 0.5) is 0 Å². The van der Waals surface area contributed by atoms with Gasteiger partial charge in [-0.05, 0) is 18.1 Å². The van der Waals surface area contributed by atoms with E-state index in [2.05, 4.69) is 16.1 Å². The summed E-state index contributed by atoms with van der Waals surface area (Å²) in [5, 5.41) is 3.86. The van der Waals surface area contributed by atoms with Crippen molar-refractivity contribution in [1.82, 2.24) is 11.0 Å². The molecule has 0 aromatic heterocycles. The van der Waals surface area contributed by atoms with Gasteiger partial charge in [0, 0.05) is 5.57 Å². The molecule has 0 saturated heterocycles. The summed E-state index contributed by atoms with van der Waals surface area (Å²) in [5.74, 6) is 0.0353. The van der Waals surface area contributed by atoms with Gasteiger partial charge in [-0.25, -0.2) is 8.42 Å².